The molecule has 2 aromatic rings. The lowest BCUT2D eigenvalue weighted by Crippen LogP contribution is -2.29. The molecular weight excluding hydrogens is 316 g/mol. The van der Waals surface area contributed by atoms with Crippen LogP contribution in [-0.2, 0) is 10.0 Å². The molecule has 0 aliphatic carbocycles. The fourth-order valence-electron chi connectivity index (χ4n) is 1.59. The second kappa shape index (κ2) is 5.92. The molecule has 0 aliphatic rings. The monoisotopic (exact) mass is 328 g/mol. The molecule has 9 heteroatoms. The predicted octanol–water partition coefficient (Wildman–Crippen LogP) is 1.21. The second-order valence-corrected chi connectivity index (χ2v) is 6.98. The summed E-state index contributed by atoms with van der Waals surface area (Å²) in [6.45, 7) is 1.72. The highest BCUT2D eigenvalue weighted by molar-refractivity contribution is 7.89. The summed E-state index contributed by atoms with van der Waals surface area (Å²) in [5.41, 5.74) is 5.59. The fraction of sp³-hybridized carbons (Fsp3) is 0.182. The lowest BCUT2D eigenvalue weighted by Gasteiger charge is -2.13. The smallest absolute Gasteiger partial charge is 0.243 e. The summed E-state index contributed by atoms with van der Waals surface area (Å²) in [7, 11) is -3.77. The van der Waals surface area contributed by atoms with Crippen molar-refractivity contribution in [2.45, 2.75) is 17.9 Å². The molecule has 0 saturated carbocycles. The van der Waals surface area contributed by atoms with E-state index in [9.17, 15) is 8.42 Å². The summed E-state index contributed by atoms with van der Waals surface area (Å²) in [6.07, 6.45) is 3.06. The summed E-state index contributed by atoms with van der Waals surface area (Å²) in [6, 6.07) is 2.49. The van der Waals surface area contributed by atoms with Crippen molar-refractivity contribution in [1.29, 1.82) is 0 Å². The Morgan fingerprint density at radius 2 is 2.20 bits per heavy atom. The van der Waals surface area contributed by atoms with Gasteiger partial charge in [-0.05, 0) is 19.1 Å². The Kier molecular flexibility index (Phi) is 4.43. The molecule has 0 aromatic carbocycles. The molecule has 0 bridgehead atoms. The van der Waals surface area contributed by atoms with Crippen LogP contribution in [0, 0.1) is 0 Å². The molecule has 0 saturated heterocycles. The molecule has 0 aliphatic heterocycles. The molecule has 3 N–H and O–H groups in total. The number of thiazole rings is 1. The zero-order valence-electron chi connectivity index (χ0n) is 10.5. The first-order valence-corrected chi connectivity index (χ1v) is 8.35. The van der Waals surface area contributed by atoms with Crippen molar-refractivity contribution in [2.75, 3.05) is 0 Å². The number of aromatic nitrogens is 2. The first kappa shape index (κ1) is 15.0. The van der Waals surface area contributed by atoms with Gasteiger partial charge in [-0.3, -0.25) is 4.98 Å². The highest BCUT2D eigenvalue weighted by Gasteiger charge is 2.24. The van der Waals surface area contributed by atoms with Gasteiger partial charge in [0.05, 0.1) is 6.04 Å². The van der Waals surface area contributed by atoms with Crippen LogP contribution in [0.25, 0.3) is 0 Å². The zero-order valence-corrected chi connectivity index (χ0v) is 12.9. The number of hydrogen-bond acceptors (Lipinski definition) is 6. The Hall–Kier alpha value is -1.42. The van der Waals surface area contributed by atoms with Crippen molar-refractivity contribution in [3.63, 3.8) is 0 Å². The van der Waals surface area contributed by atoms with Crippen molar-refractivity contribution in [3.05, 3.63) is 40.6 Å². The van der Waals surface area contributed by atoms with Gasteiger partial charge in [0.15, 0.2) is 0 Å². The van der Waals surface area contributed by atoms with Crippen molar-refractivity contribution in [2.24, 2.45) is 5.73 Å². The third-order valence-corrected chi connectivity index (χ3v) is 5.17. The standard InChI is InChI=1S/C11H12N4O2S3/c1-7(11-14-5-6-19-11)15-20(16,17)8-3-2-4-13-9(8)10(12)18/h2-7,15H,1H3,(H2,12,18). The topological polar surface area (TPSA) is 98.0 Å². The normalized spacial score (nSPS) is 13.1. The molecule has 106 valence electrons. The largest absolute Gasteiger partial charge is 0.388 e. The predicted molar refractivity (Wildman–Crippen MR) is 81.0 cm³/mol. The van der Waals surface area contributed by atoms with E-state index in [4.69, 9.17) is 18.0 Å². The maximum Gasteiger partial charge on any atom is 0.243 e. The summed E-state index contributed by atoms with van der Waals surface area (Å²) in [4.78, 5) is 7.90. The molecule has 0 amide bonds. The van der Waals surface area contributed by atoms with Crippen molar-refractivity contribution in [3.8, 4) is 0 Å². The summed E-state index contributed by atoms with van der Waals surface area (Å²) >= 11 is 6.20. The average molecular weight is 328 g/mol. The first-order valence-electron chi connectivity index (χ1n) is 5.58. The maximum atomic E-state index is 12.4. The Morgan fingerprint density at radius 3 is 2.80 bits per heavy atom. The second-order valence-electron chi connectivity index (χ2n) is 3.93. The molecule has 2 aromatic heterocycles. The highest BCUT2D eigenvalue weighted by atomic mass is 32.2. The van der Waals surface area contributed by atoms with E-state index in [-0.39, 0.29) is 15.6 Å². The Balaban J connectivity index is 2.34. The highest BCUT2D eigenvalue weighted by Crippen LogP contribution is 2.19. The summed E-state index contributed by atoms with van der Waals surface area (Å²) < 4.78 is 27.3. The molecule has 20 heavy (non-hydrogen) atoms. The molecule has 6 nitrogen and oxygen atoms in total. The zero-order chi connectivity index (χ0) is 14.8. The number of hydrogen-bond donors (Lipinski definition) is 2. The van der Waals surface area contributed by atoms with Crippen LogP contribution >= 0.6 is 23.6 Å². The minimum absolute atomic E-state index is 0.0316. The molecule has 0 spiro atoms. The van der Waals surface area contributed by atoms with Crippen LogP contribution in [0.4, 0.5) is 0 Å². The first-order chi connectivity index (χ1) is 9.42. The van der Waals surface area contributed by atoms with Gasteiger partial charge >= 0.3 is 0 Å². The van der Waals surface area contributed by atoms with Crippen LogP contribution in [0.1, 0.15) is 23.7 Å². The number of nitrogens with two attached hydrogens (primary N) is 1. The van der Waals surface area contributed by atoms with Gasteiger partial charge in [0.1, 0.15) is 20.6 Å². The van der Waals surface area contributed by atoms with Gasteiger partial charge in [-0.25, -0.2) is 18.1 Å². The van der Waals surface area contributed by atoms with E-state index >= 15 is 0 Å². The Bertz CT molecular complexity index is 713. The van der Waals surface area contributed by atoms with Gasteiger partial charge in [-0.2, -0.15) is 0 Å². The number of rotatable bonds is 5. The van der Waals surface area contributed by atoms with Crippen LogP contribution < -0.4 is 10.5 Å². The summed E-state index contributed by atoms with van der Waals surface area (Å²) in [5, 5.41) is 2.46. The van der Waals surface area contributed by atoms with Crippen LogP contribution in [-0.4, -0.2) is 23.4 Å². The van der Waals surface area contributed by atoms with Gasteiger partial charge in [-0.1, -0.05) is 12.2 Å². The van der Waals surface area contributed by atoms with Crippen LogP contribution in [0.2, 0.25) is 0 Å². The van der Waals surface area contributed by atoms with E-state index in [0.29, 0.717) is 5.01 Å². The van der Waals surface area contributed by atoms with Gasteiger partial charge in [-0.15, -0.1) is 11.3 Å². The van der Waals surface area contributed by atoms with Gasteiger partial charge in [0, 0.05) is 17.8 Å². The average Bonchev–Trinajstić information content (AvgIpc) is 2.92. The van der Waals surface area contributed by atoms with E-state index in [1.54, 1.807) is 18.5 Å². The number of nitrogens with zero attached hydrogens (tertiary/aromatic N) is 2. The molecule has 1 atom stereocenters. The molecule has 0 fully saturated rings. The van der Waals surface area contributed by atoms with Crippen molar-refractivity contribution >= 4 is 38.6 Å². The minimum atomic E-state index is -3.77. The number of pyridine rings is 1. The fourth-order valence-corrected chi connectivity index (χ4v) is 3.91. The lowest BCUT2D eigenvalue weighted by atomic mass is 10.3. The van der Waals surface area contributed by atoms with E-state index in [2.05, 4.69) is 14.7 Å². The van der Waals surface area contributed by atoms with E-state index in [0.717, 1.165) is 0 Å². The molecular formula is C11H12N4O2S3. The number of nitrogens with one attached hydrogen (secondary N) is 1. The minimum Gasteiger partial charge on any atom is -0.388 e. The van der Waals surface area contributed by atoms with E-state index in [1.165, 1.54) is 29.7 Å². The Morgan fingerprint density at radius 1 is 1.45 bits per heavy atom. The molecule has 2 heterocycles. The van der Waals surface area contributed by atoms with Crippen molar-refractivity contribution in [1.82, 2.24) is 14.7 Å². The maximum absolute atomic E-state index is 12.4. The van der Waals surface area contributed by atoms with E-state index in [1.807, 2.05) is 0 Å². The van der Waals surface area contributed by atoms with Crippen LogP contribution in [0.5, 0.6) is 0 Å². The third-order valence-electron chi connectivity index (χ3n) is 2.45. The van der Waals surface area contributed by atoms with Gasteiger partial charge in [0.2, 0.25) is 10.0 Å². The molecule has 1 unspecified atom stereocenters. The SMILES string of the molecule is CC(NS(=O)(=O)c1cccnc1C(N)=S)c1nccs1. The Labute approximate surface area is 126 Å². The van der Waals surface area contributed by atoms with Crippen molar-refractivity contribution < 1.29 is 8.42 Å². The number of sulfonamides is 1. The summed E-state index contributed by atoms with van der Waals surface area (Å²) in [5.74, 6) is 0. The lowest BCUT2D eigenvalue weighted by molar-refractivity contribution is 0.565. The quantitative estimate of drug-likeness (QED) is 0.801. The van der Waals surface area contributed by atoms with E-state index < -0.39 is 16.1 Å². The molecule has 2 rings (SSSR count). The van der Waals surface area contributed by atoms with Crippen LogP contribution in [0.15, 0.2) is 34.8 Å². The third kappa shape index (κ3) is 3.18. The van der Waals surface area contributed by atoms with Gasteiger partial charge in [0.25, 0.3) is 0 Å². The van der Waals surface area contributed by atoms with Gasteiger partial charge < -0.3 is 5.73 Å². The molecule has 0 radical (unpaired) electrons. The van der Waals surface area contributed by atoms with Crippen LogP contribution in [0.3, 0.4) is 0 Å². The number of thiocarbonyl (C=S) groups is 1.